The molecule has 0 aliphatic heterocycles. The maximum Gasteiger partial charge on any atom is 0.416 e. The van der Waals surface area contributed by atoms with Crippen LogP contribution in [0.1, 0.15) is 16.7 Å². The van der Waals surface area contributed by atoms with Crippen molar-refractivity contribution in [2.24, 2.45) is 5.10 Å². The van der Waals surface area contributed by atoms with Crippen molar-refractivity contribution in [3.63, 3.8) is 0 Å². The molecule has 0 bridgehead atoms. The Morgan fingerprint density at radius 3 is 2.33 bits per heavy atom. The van der Waals surface area contributed by atoms with E-state index in [-0.39, 0.29) is 18.2 Å². The van der Waals surface area contributed by atoms with Gasteiger partial charge in [-0.15, -0.1) is 0 Å². The zero-order valence-electron chi connectivity index (χ0n) is 18.9. The second-order valence-electron chi connectivity index (χ2n) is 7.47. The number of para-hydroxylation sites is 1. The van der Waals surface area contributed by atoms with Gasteiger partial charge >= 0.3 is 18.0 Å². The van der Waals surface area contributed by atoms with Crippen molar-refractivity contribution in [3.8, 4) is 5.75 Å². The predicted molar refractivity (Wildman–Crippen MR) is 128 cm³/mol. The van der Waals surface area contributed by atoms with E-state index in [1.807, 2.05) is 24.5 Å². The molecule has 0 aliphatic carbocycles. The quantitative estimate of drug-likeness (QED) is 0.259. The number of alkyl halides is 3. The molecule has 0 heterocycles. The van der Waals surface area contributed by atoms with Gasteiger partial charge in [0.05, 0.1) is 11.8 Å². The van der Waals surface area contributed by atoms with Gasteiger partial charge in [0.25, 0.3) is 5.91 Å². The van der Waals surface area contributed by atoms with Crippen molar-refractivity contribution in [1.82, 2.24) is 5.43 Å². The SMILES string of the molecule is Cc1ccc(NC(=O)COc2ccccc2/C=N\NC(=O)C(=O)Nc2cccc(C(F)(F)F)c2)cc1. The highest BCUT2D eigenvalue weighted by atomic mass is 19.4. The van der Waals surface area contributed by atoms with E-state index in [1.54, 1.807) is 36.4 Å². The number of hydrazone groups is 1. The lowest BCUT2D eigenvalue weighted by molar-refractivity contribution is -0.137. The number of carbonyl (C=O) groups is 3. The van der Waals surface area contributed by atoms with Crippen molar-refractivity contribution >= 4 is 35.3 Å². The summed E-state index contributed by atoms with van der Waals surface area (Å²) in [6, 6.07) is 17.6. The van der Waals surface area contributed by atoms with Gasteiger partial charge < -0.3 is 15.4 Å². The Kier molecular flexibility index (Phi) is 8.39. The van der Waals surface area contributed by atoms with Gasteiger partial charge in [-0.1, -0.05) is 35.9 Å². The first kappa shape index (κ1) is 25.9. The molecule has 0 atom stereocenters. The molecule has 3 rings (SSSR count). The summed E-state index contributed by atoms with van der Waals surface area (Å²) >= 11 is 0. The van der Waals surface area contributed by atoms with E-state index in [0.717, 1.165) is 17.7 Å². The number of aryl methyl sites for hydroxylation is 1. The number of hydrogen-bond acceptors (Lipinski definition) is 5. The molecule has 0 saturated heterocycles. The number of nitrogens with one attached hydrogen (secondary N) is 3. The van der Waals surface area contributed by atoms with Crippen LogP contribution in [0.25, 0.3) is 0 Å². The fourth-order valence-corrected chi connectivity index (χ4v) is 2.87. The van der Waals surface area contributed by atoms with Gasteiger partial charge in [-0.05, 0) is 49.4 Å². The van der Waals surface area contributed by atoms with Crippen molar-refractivity contribution in [3.05, 3.63) is 89.5 Å². The van der Waals surface area contributed by atoms with Gasteiger partial charge in [-0.2, -0.15) is 18.3 Å². The molecule has 0 aliphatic rings. The van der Waals surface area contributed by atoms with Crippen molar-refractivity contribution in [2.75, 3.05) is 17.2 Å². The van der Waals surface area contributed by atoms with E-state index in [4.69, 9.17) is 4.74 Å². The minimum absolute atomic E-state index is 0.198. The number of hydrogen-bond donors (Lipinski definition) is 3. The molecule has 0 saturated carbocycles. The average molecular weight is 498 g/mol. The number of amides is 3. The van der Waals surface area contributed by atoms with Crippen LogP contribution in [0.4, 0.5) is 24.5 Å². The third kappa shape index (κ3) is 7.69. The van der Waals surface area contributed by atoms with E-state index in [9.17, 15) is 27.6 Å². The normalized spacial score (nSPS) is 11.1. The van der Waals surface area contributed by atoms with Crippen LogP contribution in [0.2, 0.25) is 0 Å². The lowest BCUT2D eigenvalue weighted by Gasteiger charge is -2.10. The van der Waals surface area contributed by atoms with Gasteiger partial charge in [0.1, 0.15) is 5.75 Å². The maximum atomic E-state index is 12.8. The molecule has 0 unspecified atom stereocenters. The van der Waals surface area contributed by atoms with Gasteiger partial charge in [-0.3, -0.25) is 14.4 Å². The van der Waals surface area contributed by atoms with Crippen molar-refractivity contribution < 1.29 is 32.3 Å². The van der Waals surface area contributed by atoms with Crippen LogP contribution in [0, 0.1) is 6.92 Å². The molecule has 186 valence electrons. The maximum absolute atomic E-state index is 12.8. The van der Waals surface area contributed by atoms with Crippen LogP contribution in [0.5, 0.6) is 5.75 Å². The second kappa shape index (κ2) is 11.6. The minimum atomic E-state index is -4.59. The second-order valence-corrected chi connectivity index (χ2v) is 7.47. The Labute approximate surface area is 204 Å². The van der Waals surface area contributed by atoms with E-state index < -0.39 is 23.6 Å². The summed E-state index contributed by atoms with van der Waals surface area (Å²) in [5.41, 5.74) is 2.90. The molecule has 3 N–H and O–H groups in total. The molecule has 3 amide bonds. The van der Waals surface area contributed by atoms with Crippen LogP contribution in [0.3, 0.4) is 0 Å². The average Bonchev–Trinajstić information content (AvgIpc) is 2.84. The van der Waals surface area contributed by atoms with Crippen LogP contribution in [0.15, 0.2) is 77.9 Å². The summed E-state index contributed by atoms with van der Waals surface area (Å²) in [6.45, 7) is 1.64. The van der Waals surface area contributed by atoms with Crippen LogP contribution >= 0.6 is 0 Å². The first-order valence-electron chi connectivity index (χ1n) is 10.5. The van der Waals surface area contributed by atoms with E-state index in [1.165, 1.54) is 12.3 Å². The zero-order valence-corrected chi connectivity index (χ0v) is 18.9. The fourth-order valence-electron chi connectivity index (χ4n) is 2.87. The number of ether oxygens (including phenoxy) is 1. The predicted octanol–water partition coefficient (Wildman–Crippen LogP) is 4.12. The first-order chi connectivity index (χ1) is 17.1. The van der Waals surface area contributed by atoms with E-state index >= 15 is 0 Å². The minimum Gasteiger partial charge on any atom is -0.483 e. The number of nitrogens with zero attached hydrogens (tertiary/aromatic N) is 1. The number of halogens is 3. The van der Waals surface area contributed by atoms with Crippen LogP contribution in [-0.4, -0.2) is 30.5 Å². The standard InChI is InChI=1S/C25H21F3N4O4/c1-16-9-11-19(12-10-16)30-22(33)15-36-21-8-3-2-5-17(21)14-29-32-24(35)23(34)31-20-7-4-6-18(13-20)25(26,27)28/h2-14H,15H2,1H3,(H,30,33)(H,31,34)(H,32,35)/b29-14-. The number of rotatable bonds is 7. The number of carbonyl (C=O) groups excluding carboxylic acids is 3. The lowest BCUT2D eigenvalue weighted by Crippen LogP contribution is -2.32. The first-order valence-corrected chi connectivity index (χ1v) is 10.5. The molecule has 0 aromatic heterocycles. The van der Waals surface area contributed by atoms with Gasteiger partial charge in [-0.25, -0.2) is 5.43 Å². The lowest BCUT2D eigenvalue weighted by atomic mass is 10.2. The zero-order chi connectivity index (χ0) is 26.1. The van der Waals surface area contributed by atoms with Gasteiger partial charge in [0, 0.05) is 16.9 Å². The molecular weight excluding hydrogens is 477 g/mol. The molecule has 36 heavy (non-hydrogen) atoms. The summed E-state index contributed by atoms with van der Waals surface area (Å²) < 4.78 is 43.9. The summed E-state index contributed by atoms with van der Waals surface area (Å²) in [6.07, 6.45) is -3.40. The van der Waals surface area contributed by atoms with E-state index in [0.29, 0.717) is 23.1 Å². The Balaban J connectivity index is 1.54. The molecular formula is C25H21F3N4O4. The summed E-state index contributed by atoms with van der Waals surface area (Å²) in [4.78, 5) is 36.1. The largest absolute Gasteiger partial charge is 0.483 e. The third-order valence-corrected chi connectivity index (χ3v) is 4.64. The highest BCUT2D eigenvalue weighted by Crippen LogP contribution is 2.30. The molecule has 0 fully saturated rings. The van der Waals surface area contributed by atoms with Gasteiger partial charge in [0.2, 0.25) is 0 Å². The number of benzene rings is 3. The summed E-state index contributed by atoms with van der Waals surface area (Å²) in [5.74, 6) is -2.49. The molecule has 3 aromatic carbocycles. The van der Waals surface area contributed by atoms with Gasteiger partial charge in [0.15, 0.2) is 6.61 Å². The van der Waals surface area contributed by atoms with Crippen LogP contribution in [-0.2, 0) is 20.6 Å². The monoisotopic (exact) mass is 498 g/mol. The Hall–Kier alpha value is -4.67. The topological polar surface area (TPSA) is 109 Å². The molecule has 3 aromatic rings. The molecule has 0 radical (unpaired) electrons. The molecule has 11 heteroatoms. The summed E-state index contributed by atoms with van der Waals surface area (Å²) in [5, 5.41) is 8.45. The molecule has 0 spiro atoms. The third-order valence-electron chi connectivity index (χ3n) is 4.64. The van der Waals surface area contributed by atoms with Crippen molar-refractivity contribution in [2.45, 2.75) is 13.1 Å². The summed E-state index contributed by atoms with van der Waals surface area (Å²) in [7, 11) is 0. The Bertz CT molecular complexity index is 1270. The van der Waals surface area contributed by atoms with Crippen molar-refractivity contribution in [1.29, 1.82) is 0 Å². The van der Waals surface area contributed by atoms with Crippen LogP contribution < -0.4 is 20.8 Å². The fraction of sp³-hybridized carbons (Fsp3) is 0.120. The van der Waals surface area contributed by atoms with E-state index in [2.05, 4.69) is 15.7 Å². The Morgan fingerprint density at radius 2 is 1.61 bits per heavy atom. The molecule has 8 nitrogen and oxygen atoms in total. The highest BCUT2D eigenvalue weighted by Gasteiger charge is 2.30. The Morgan fingerprint density at radius 1 is 0.889 bits per heavy atom. The highest BCUT2D eigenvalue weighted by molar-refractivity contribution is 6.39. The smallest absolute Gasteiger partial charge is 0.416 e. The number of anilines is 2.